The van der Waals surface area contributed by atoms with Crippen LogP contribution < -0.4 is 5.32 Å². The third kappa shape index (κ3) is 2.96. The smallest absolute Gasteiger partial charge is 0.157 e. The fourth-order valence-corrected chi connectivity index (χ4v) is 1.94. The maximum atomic E-state index is 9.81. The van der Waals surface area contributed by atoms with Gasteiger partial charge in [0.15, 0.2) is 6.23 Å². The van der Waals surface area contributed by atoms with Crippen molar-refractivity contribution in [1.29, 1.82) is 0 Å². The van der Waals surface area contributed by atoms with Crippen molar-refractivity contribution in [2.45, 2.75) is 30.6 Å². The van der Waals surface area contributed by atoms with Gasteiger partial charge in [-0.15, -0.1) is 0 Å². The van der Waals surface area contributed by atoms with Gasteiger partial charge < -0.3 is 35.6 Å². The third-order valence-electron chi connectivity index (χ3n) is 3.07. The molecule has 0 bridgehead atoms. The van der Waals surface area contributed by atoms with Gasteiger partial charge in [-0.3, -0.25) is 0 Å². The van der Waals surface area contributed by atoms with Crippen molar-refractivity contribution >= 4 is 5.69 Å². The Morgan fingerprint density at radius 2 is 1.63 bits per heavy atom. The summed E-state index contributed by atoms with van der Waals surface area (Å²) in [7, 11) is 0. The van der Waals surface area contributed by atoms with E-state index in [1.807, 2.05) is 0 Å². The van der Waals surface area contributed by atoms with Gasteiger partial charge in [0.1, 0.15) is 30.2 Å². The highest BCUT2D eigenvalue weighted by atomic mass is 16.6. The lowest BCUT2D eigenvalue weighted by Crippen LogP contribution is -2.60. The van der Waals surface area contributed by atoms with Gasteiger partial charge >= 0.3 is 0 Å². The van der Waals surface area contributed by atoms with Crippen molar-refractivity contribution in [3.8, 4) is 5.75 Å². The Hall–Kier alpha value is -1.38. The molecule has 0 radical (unpaired) electrons. The van der Waals surface area contributed by atoms with E-state index in [-0.39, 0.29) is 5.75 Å². The lowest BCUT2D eigenvalue weighted by molar-refractivity contribution is -0.221. The summed E-state index contributed by atoms with van der Waals surface area (Å²) < 4.78 is 5.28. The summed E-state index contributed by atoms with van der Waals surface area (Å²) in [6.07, 6.45) is -6.06. The van der Waals surface area contributed by atoms with Crippen molar-refractivity contribution < 1.29 is 30.3 Å². The van der Waals surface area contributed by atoms with E-state index in [1.165, 1.54) is 12.1 Å². The molecular weight excluding hydrogens is 254 g/mol. The minimum atomic E-state index is -1.42. The zero-order valence-electron chi connectivity index (χ0n) is 10.0. The molecular formula is C12H17NO6. The normalized spacial score (nSPS) is 35.1. The van der Waals surface area contributed by atoms with Crippen LogP contribution in [0.1, 0.15) is 0 Å². The molecule has 0 saturated carbocycles. The van der Waals surface area contributed by atoms with E-state index >= 15 is 0 Å². The van der Waals surface area contributed by atoms with Crippen LogP contribution >= 0.6 is 0 Å². The lowest BCUT2D eigenvalue weighted by atomic mass is 9.98. The molecule has 1 heterocycles. The van der Waals surface area contributed by atoms with Crippen LogP contribution in [0.5, 0.6) is 5.75 Å². The zero-order chi connectivity index (χ0) is 14.0. The van der Waals surface area contributed by atoms with Crippen LogP contribution in [-0.4, -0.2) is 62.8 Å². The van der Waals surface area contributed by atoms with E-state index in [9.17, 15) is 15.3 Å². The summed E-state index contributed by atoms with van der Waals surface area (Å²) in [5, 5.41) is 50.1. The van der Waals surface area contributed by atoms with Crippen LogP contribution in [0.25, 0.3) is 0 Å². The van der Waals surface area contributed by atoms with Crippen LogP contribution in [0.15, 0.2) is 24.3 Å². The van der Waals surface area contributed by atoms with Crippen molar-refractivity contribution in [1.82, 2.24) is 0 Å². The summed E-state index contributed by atoms with van der Waals surface area (Å²) in [6, 6.07) is 6.03. The van der Waals surface area contributed by atoms with Crippen LogP contribution in [-0.2, 0) is 4.74 Å². The molecule has 5 atom stereocenters. The standard InChI is InChI=1S/C12H17NO6/c14-5-8-9(16)10(17)11(18)12(19-8)13-6-1-3-7(15)4-2-6/h1-4,8-18H,5H2/t8-,9+,10+,11+,12+/m0/s1. The van der Waals surface area contributed by atoms with Gasteiger partial charge in [-0.25, -0.2) is 0 Å². The SMILES string of the molecule is OC[C@@H]1O[C@@H](Nc2ccc(O)cc2)[C@H](O)[C@H](O)[C@@H]1O. The Morgan fingerprint density at radius 1 is 1.00 bits per heavy atom. The maximum Gasteiger partial charge on any atom is 0.157 e. The Balaban J connectivity index is 2.08. The van der Waals surface area contributed by atoms with Gasteiger partial charge in [0, 0.05) is 5.69 Å². The highest BCUT2D eigenvalue weighted by molar-refractivity contribution is 5.46. The third-order valence-corrected chi connectivity index (χ3v) is 3.07. The van der Waals surface area contributed by atoms with E-state index in [4.69, 9.17) is 14.9 Å². The highest BCUT2D eigenvalue weighted by Gasteiger charge is 2.43. The molecule has 7 heteroatoms. The van der Waals surface area contributed by atoms with Gasteiger partial charge in [-0.2, -0.15) is 0 Å². The zero-order valence-corrected chi connectivity index (χ0v) is 10.0. The minimum Gasteiger partial charge on any atom is -0.508 e. The number of benzene rings is 1. The first kappa shape index (κ1) is 14.0. The molecule has 0 spiro atoms. The summed E-state index contributed by atoms with van der Waals surface area (Å²) in [5.41, 5.74) is 0.558. The van der Waals surface area contributed by atoms with Crippen LogP contribution in [0.2, 0.25) is 0 Å². The van der Waals surface area contributed by atoms with Gasteiger partial charge in [0.25, 0.3) is 0 Å². The average molecular weight is 271 g/mol. The summed E-state index contributed by atoms with van der Waals surface area (Å²) in [6.45, 7) is -0.474. The maximum absolute atomic E-state index is 9.81. The second-order valence-electron chi connectivity index (χ2n) is 4.44. The molecule has 1 aliphatic rings. The Kier molecular flexibility index (Phi) is 4.23. The molecule has 1 fully saturated rings. The lowest BCUT2D eigenvalue weighted by Gasteiger charge is -2.40. The highest BCUT2D eigenvalue weighted by Crippen LogP contribution is 2.23. The number of ether oxygens (including phenoxy) is 1. The molecule has 0 amide bonds. The minimum absolute atomic E-state index is 0.0966. The predicted molar refractivity (Wildman–Crippen MR) is 65.5 cm³/mol. The molecule has 0 unspecified atom stereocenters. The largest absolute Gasteiger partial charge is 0.508 e. The van der Waals surface area contributed by atoms with Gasteiger partial charge in [0.05, 0.1) is 6.61 Å². The number of hydrogen-bond acceptors (Lipinski definition) is 7. The van der Waals surface area contributed by atoms with E-state index < -0.39 is 37.3 Å². The quantitative estimate of drug-likeness (QED) is 0.374. The Morgan fingerprint density at radius 3 is 2.21 bits per heavy atom. The predicted octanol–water partition coefficient (Wildman–Crippen LogP) is -1.40. The first-order chi connectivity index (χ1) is 9.02. The molecule has 1 aliphatic heterocycles. The molecule has 1 saturated heterocycles. The molecule has 0 aliphatic carbocycles. The van der Waals surface area contributed by atoms with Crippen LogP contribution in [0.3, 0.4) is 0 Å². The molecule has 1 aromatic rings. The molecule has 19 heavy (non-hydrogen) atoms. The Bertz CT molecular complexity index is 409. The first-order valence-corrected chi connectivity index (χ1v) is 5.89. The summed E-state index contributed by atoms with van der Waals surface area (Å²) in [4.78, 5) is 0. The van der Waals surface area contributed by atoms with E-state index in [2.05, 4.69) is 5.32 Å². The average Bonchev–Trinajstić information content (AvgIpc) is 2.42. The molecule has 1 aromatic carbocycles. The fourth-order valence-electron chi connectivity index (χ4n) is 1.94. The van der Waals surface area contributed by atoms with Crippen molar-refractivity contribution in [2.75, 3.05) is 11.9 Å². The monoisotopic (exact) mass is 271 g/mol. The number of aliphatic hydroxyl groups excluding tert-OH is 4. The number of aromatic hydroxyl groups is 1. The van der Waals surface area contributed by atoms with Crippen LogP contribution in [0, 0.1) is 0 Å². The number of phenols is 1. The van der Waals surface area contributed by atoms with Gasteiger partial charge in [-0.1, -0.05) is 0 Å². The molecule has 7 nitrogen and oxygen atoms in total. The molecule has 6 N–H and O–H groups in total. The first-order valence-electron chi connectivity index (χ1n) is 5.89. The molecule has 106 valence electrons. The van der Waals surface area contributed by atoms with Crippen molar-refractivity contribution in [3.63, 3.8) is 0 Å². The van der Waals surface area contributed by atoms with Gasteiger partial charge in [-0.05, 0) is 24.3 Å². The number of phenolic OH excluding ortho intramolecular Hbond substituents is 1. The van der Waals surface area contributed by atoms with Crippen LogP contribution in [0.4, 0.5) is 5.69 Å². The summed E-state index contributed by atoms with van der Waals surface area (Å²) in [5.74, 6) is 0.0966. The van der Waals surface area contributed by atoms with Crippen molar-refractivity contribution in [2.24, 2.45) is 0 Å². The number of anilines is 1. The number of nitrogens with one attached hydrogen (secondary N) is 1. The number of aliphatic hydroxyl groups is 4. The Labute approximate surface area is 109 Å². The second kappa shape index (κ2) is 5.72. The number of rotatable bonds is 3. The molecule has 0 aromatic heterocycles. The molecule has 2 rings (SSSR count). The van der Waals surface area contributed by atoms with Crippen molar-refractivity contribution in [3.05, 3.63) is 24.3 Å². The van der Waals surface area contributed by atoms with E-state index in [1.54, 1.807) is 12.1 Å². The fraction of sp³-hybridized carbons (Fsp3) is 0.500. The van der Waals surface area contributed by atoms with Gasteiger partial charge in [0.2, 0.25) is 0 Å². The van der Waals surface area contributed by atoms with E-state index in [0.717, 1.165) is 0 Å². The topological polar surface area (TPSA) is 122 Å². The van der Waals surface area contributed by atoms with E-state index in [0.29, 0.717) is 5.69 Å². The summed E-state index contributed by atoms with van der Waals surface area (Å²) >= 11 is 0. The second-order valence-corrected chi connectivity index (χ2v) is 4.44. The number of hydrogen-bond donors (Lipinski definition) is 6.